The minimum atomic E-state index is 0.718. The average Bonchev–Trinajstić information content (AvgIpc) is 2.48. The van der Waals surface area contributed by atoms with Crippen molar-refractivity contribution in [1.82, 2.24) is 15.1 Å². The fourth-order valence-corrected chi connectivity index (χ4v) is 4.77. The average molecular weight is 279 g/mol. The molecule has 0 aromatic carbocycles. The highest BCUT2D eigenvalue weighted by molar-refractivity contribution is 4.98. The molecular weight excluding hydrogens is 246 g/mol. The van der Waals surface area contributed by atoms with E-state index in [-0.39, 0.29) is 0 Å². The Kier molecular flexibility index (Phi) is 4.68. The maximum absolute atomic E-state index is 3.48. The van der Waals surface area contributed by atoms with E-state index >= 15 is 0 Å². The van der Waals surface area contributed by atoms with Crippen molar-refractivity contribution in [2.24, 2.45) is 5.41 Å². The molecule has 1 aliphatic carbocycles. The first-order chi connectivity index (χ1) is 9.76. The van der Waals surface area contributed by atoms with Crippen LogP contribution in [0.25, 0.3) is 0 Å². The number of piperidine rings is 1. The quantitative estimate of drug-likeness (QED) is 0.852. The summed E-state index contributed by atoms with van der Waals surface area (Å²) in [6.45, 7) is 12.3. The van der Waals surface area contributed by atoms with E-state index < -0.39 is 0 Å². The first kappa shape index (κ1) is 14.8. The van der Waals surface area contributed by atoms with Gasteiger partial charge in [0, 0.05) is 25.2 Å². The summed E-state index contributed by atoms with van der Waals surface area (Å²) in [6.07, 6.45) is 8.65. The number of nitrogens with one attached hydrogen (secondary N) is 1. The molecule has 3 fully saturated rings. The maximum atomic E-state index is 3.48. The topological polar surface area (TPSA) is 18.5 Å². The monoisotopic (exact) mass is 279 g/mol. The Hall–Kier alpha value is -0.120. The Morgan fingerprint density at radius 1 is 1.00 bits per heavy atom. The number of likely N-dealkylation sites (tertiary alicyclic amines) is 1. The zero-order valence-corrected chi connectivity index (χ0v) is 13.5. The smallest absolute Gasteiger partial charge is 0.0119 e. The first-order valence-electron chi connectivity index (χ1n) is 8.95. The van der Waals surface area contributed by atoms with Crippen LogP contribution in [0.15, 0.2) is 0 Å². The van der Waals surface area contributed by atoms with Crippen LogP contribution in [0.5, 0.6) is 0 Å². The number of hydrogen-bond acceptors (Lipinski definition) is 3. The van der Waals surface area contributed by atoms with Crippen LogP contribution in [-0.2, 0) is 0 Å². The lowest BCUT2D eigenvalue weighted by molar-refractivity contribution is 0.0273. The third-order valence-corrected chi connectivity index (χ3v) is 6.36. The zero-order chi connectivity index (χ0) is 14.0. The molecule has 0 aromatic heterocycles. The predicted molar refractivity (Wildman–Crippen MR) is 85.1 cm³/mol. The van der Waals surface area contributed by atoms with Gasteiger partial charge in [0.15, 0.2) is 0 Å². The number of hydrogen-bond donors (Lipinski definition) is 1. The van der Waals surface area contributed by atoms with E-state index in [0.717, 1.165) is 17.5 Å². The Balaban J connectivity index is 1.44. The Morgan fingerprint density at radius 2 is 1.60 bits per heavy atom. The van der Waals surface area contributed by atoms with Crippen LogP contribution < -0.4 is 5.32 Å². The van der Waals surface area contributed by atoms with Crippen molar-refractivity contribution in [3.8, 4) is 0 Å². The van der Waals surface area contributed by atoms with Crippen LogP contribution >= 0.6 is 0 Å². The van der Waals surface area contributed by atoms with E-state index in [1.807, 2.05) is 0 Å². The SMILES string of the molecule is CCN(CC)C1CCN(C2CCC3(CC2)CNC3)CC1. The second-order valence-electron chi connectivity index (χ2n) is 7.32. The molecule has 1 saturated carbocycles. The third-order valence-electron chi connectivity index (χ3n) is 6.36. The van der Waals surface area contributed by atoms with Crippen LogP contribution in [0.3, 0.4) is 0 Å². The van der Waals surface area contributed by atoms with Crippen LogP contribution in [0.2, 0.25) is 0 Å². The van der Waals surface area contributed by atoms with Crippen molar-refractivity contribution in [2.75, 3.05) is 39.3 Å². The third kappa shape index (κ3) is 2.90. The minimum absolute atomic E-state index is 0.718. The zero-order valence-electron chi connectivity index (χ0n) is 13.5. The molecule has 1 N–H and O–H groups in total. The van der Waals surface area contributed by atoms with Gasteiger partial charge in [-0.3, -0.25) is 0 Å². The van der Waals surface area contributed by atoms with Gasteiger partial charge >= 0.3 is 0 Å². The highest BCUT2D eigenvalue weighted by Crippen LogP contribution is 2.41. The van der Waals surface area contributed by atoms with Crippen LogP contribution in [0, 0.1) is 5.41 Å². The molecule has 0 radical (unpaired) electrons. The Morgan fingerprint density at radius 3 is 2.05 bits per heavy atom. The predicted octanol–water partition coefficient (Wildman–Crippen LogP) is 2.32. The standard InChI is InChI=1S/C17H33N3/c1-3-19(4-2)16-7-11-20(12-8-16)15-5-9-17(10-6-15)13-18-14-17/h15-16,18H,3-14H2,1-2H3. The summed E-state index contributed by atoms with van der Waals surface area (Å²) in [5, 5.41) is 3.48. The summed E-state index contributed by atoms with van der Waals surface area (Å²) < 4.78 is 0. The van der Waals surface area contributed by atoms with Gasteiger partial charge in [-0.2, -0.15) is 0 Å². The van der Waals surface area contributed by atoms with Crippen LogP contribution in [0.1, 0.15) is 52.4 Å². The maximum Gasteiger partial charge on any atom is 0.0119 e. The van der Waals surface area contributed by atoms with Crippen molar-refractivity contribution in [1.29, 1.82) is 0 Å². The molecule has 20 heavy (non-hydrogen) atoms. The van der Waals surface area contributed by atoms with Gasteiger partial charge in [0.25, 0.3) is 0 Å². The van der Waals surface area contributed by atoms with E-state index in [9.17, 15) is 0 Å². The van der Waals surface area contributed by atoms with Gasteiger partial charge in [0.1, 0.15) is 0 Å². The van der Waals surface area contributed by atoms with Crippen molar-refractivity contribution in [3.05, 3.63) is 0 Å². The van der Waals surface area contributed by atoms with Gasteiger partial charge in [0.05, 0.1) is 0 Å². The van der Waals surface area contributed by atoms with Crippen molar-refractivity contribution >= 4 is 0 Å². The van der Waals surface area contributed by atoms with Gasteiger partial charge in [0.2, 0.25) is 0 Å². The van der Waals surface area contributed by atoms with Crippen molar-refractivity contribution in [2.45, 2.75) is 64.5 Å². The van der Waals surface area contributed by atoms with Gasteiger partial charge in [-0.15, -0.1) is 0 Å². The van der Waals surface area contributed by atoms with E-state index in [4.69, 9.17) is 0 Å². The lowest BCUT2D eigenvalue weighted by Crippen LogP contribution is -2.57. The van der Waals surface area contributed by atoms with E-state index in [1.165, 1.54) is 77.8 Å². The first-order valence-corrected chi connectivity index (χ1v) is 8.95. The van der Waals surface area contributed by atoms with E-state index in [0.29, 0.717) is 0 Å². The molecule has 0 bridgehead atoms. The Bertz CT molecular complexity index is 291. The van der Waals surface area contributed by atoms with Gasteiger partial charge < -0.3 is 15.1 Å². The fraction of sp³-hybridized carbons (Fsp3) is 1.00. The van der Waals surface area contributed by atoms with Gasteiger partial charge in [-0.1, -0.05) is 13.8 Å². The molecule has 3 heteroatoms. The van der Waals surface area contributed by atoms with Gasteiger partial charge in [-0.25, -0.2) is 0 Å². The summed E-state index contributed by atoms with van der Waals surface area (Å²) in [5.41, 5.74) is 0.718. The summed E-state index contributed by atoms with van der Waals surface area (Å²) >= 11 is 0. The summed E-state index contributed by atoms with van der Waals surface area (Å²) in [6, 6.07) is 1.76. The molecule has 0 atom stereocenters. The van der Waals surface area contributed by atoms with Crippen molar-refractivity contribution in [3.63, 3.8) is 0 Å². The van der Waals surface area contributed by atoms with Crippen molar-refractivity contribution < 1.29 is 0 Å². The Labute approximate surface area is 125 Å². The molecule has 0 aromatic rings. The number of nitrogens with zero attached hydrogens (tertiary/aromatic N) is 2. The molecule has 1 spiro atoms. The van der Waals surface area contributed by atoms with Crippen LogP contribution in [-0.4, -0.2) is 61.2 Å². The molecular formula is C17H33N3. The molecule has 116 valence electrons. The second-order valence-corrected chi connectivity index (χ2v) is 7.32. The van der Waals surface area contributed by atoms with E-state index in [1.54, 1.807) is 0 Å². The lowest BCUT2D eigenvalue weighted by Gasteiger charge is -2.50. The minimum Gasteiger partial charge on any atom is -0.316 e. The molecule has 2 heterocycles. The summed E-state index contributed by atoms with van der Waals surface area (Å²) in [7, 11) is 0. The highest BCUT2D eigenvalue weighted by atomic mass is 15.2. The largest absolute Gasteiger partial charge is 0.316 e. The molecule has 2 saturated heterocycles. The normalized spacial score (nSPS) is 28.9. The highest BCUT2D eigenvalue weighted by Gasteiger charge is 2.41. The molecule has 0 amide bonds. The van der Waals surface area contributed by atoms with Gasteiger partial charge in [-0.05, 0) is 70.1 Å². The second kappa shape index (κ2) is 6.33. The summed E-state index contributed by atoms with van der Waals surface area (Å²) in [4.78, 5) is 5.48. The number of rotatable bonds is 4. The molecule has 3 nitrogen and oxygen atoms in total. The van der Waals surface area contributed by atoms with Crippen LogP contribution in [0.4, 0.5) is 0 Å². The van der Waals surface area contributed by atoms with E-state index in [2.05, 4.69) is 29.0 Å². The molecule has 2 aliphatic heterocycles. The summed E-state index contributed by atoms with van der Waals surface area (Å²) in [5.74, 6) is 0. The molecule has 3 rings (SSSR count). The lowest BCUT2D eigenvalue weighted by atomic mass is 9.68. The molecule has 0 unspecified atom stereocenters. The fourth-order valence-electron chi connectivity index (χ4n) is 4.77. The molecule has 3 aliphatic rings.